The second kappa shape index (κ2) is 7.19. The number of hydrogen-bond donors (Lipinski definition) is 2. The first-order valence-corrected chi connectivity index (χ1v) is 8.80. The van der Waals surface area contributed by atoms with Crippen LogP contribution in [0.25, 0.3) is 22.2 Å². The van der Waals surface area contributed by atoms with Crippen molar-refractivity contribution >= 4 is 57.4 Å². The molecule has 0 aliphatic rings. The van der Waals surface area contributed by atoms with Crippen molar-refractivity contribution in [3.8, 4) is 11.3 Å². The molecule has 1 aromatic heterocycles. The Bertz CT molecular complexity index is 1060. The van der Waals surface area contributed by atoms with E-state index in [2.05, 4.69) is 14.8 Å². The number of fused-ring (bicyclic) bond motifs is 1. The Balaban J connectivity index is 2.39. The molecule has 0 saturated heterocycles. The normalized spacial score (nSPS) is 11.8. The molecular weight excluding hydrogens is 393 g/mol. The molecule has 0 radical (unpaired) electrons. The van der Waals surface area contributed by atoms with Crippen molar-refractivity contribution in [1.82, 2.24) is 4.57 Å². The molecule has 0 aliphatic heterocycles. The lowest BCUT2D eigenvalue weighted by molar-refractivity contribution is 0.977. The van der Waals surface area contributed by atoms with E-state index in [1.165, 1.54) is 0 Å². The maximum absolute atomic E-state index is 6.23. The minimum absolute atomic E-state index is 0.112. The Morgan fingerprint density at radius 3 is 2.35 bits per heavy atom. The van der Waals surface area contributed by atoms with E-state index in [0.29, 0.717) is 20.8 Å². The van der Waals surface area contributed by atoms with Crippen LogP contribution in [-0.2, 0) is 7.05 Å². The maximum atomic E-state index is 6.23. The molecule has 0 unspecified atom stereocenters. The fourth-order valence-electron chi connectivity index (χ4n) is 2.95. The highest BCUT2D eigenvalue weighted by Crippen LogP contribution is 2.37. The maximum Gasteiger partial charge on any atom is 0.211 e. The molecule has 0 bridgehead atoms. The van der Waals surface area contributed by atoms with Gasteiger partial charge in [-0.25, -0.2) is 0 Å². The molecule has 2 aromatic carbocycles. The summed E-state index contributed by atoms with van der Waals surface area (Å²) in [6, 6.07) is 11.2. The van der Waals surface area contributed by atoms with Crippen LogP contribution in [0.5, 0.6) is 0 Å². The van der Waals surface area contributed by atoms with Gasteiger partial charge < -0.3 is 16.0 Å². The molecule has 4 N–H and O–H groups in total. The van der Waals surface area contributed by atoms with Gasteiger partial charge in [-0.15, -0.1) is 5.10 Å². The Hall–Kier alpha value is -2.21. The molecule has 0 amide bonds. The van der Waals surface area contributed by atoms with E-state index in [1.807, 2.05) is 44.3 Å². The highest BCUT2D eigenvalue weighted by atomic mass is 35.5. The van der Waals surface area contributed by atoms with Crippen molar-refractivity contribution in [2.75, 3.05) is 0 Å². The van der Waals surface area contributed by atoms with Gasteiger partial charge in [-0.2, -0.15) is 5.10 Å². The van der Waals surface area contributed by atoms with Crippen LogP contribution in [0.1, 0.15) is 12.5 Å². The quantitative estimate of drug-likeness (QED) is 0.370. The predicted molar refractivity (Wildman–Crippen MR) is 111 cm³/mol. The zero-order valence-corrected chi connectivity index (χ0v) is 16.4. The second-order valence-corrected chi connectivity index (χ2v) is 7.03. The van der Waals surface area contributed by atoms with Gasteiger partial charge in [-0.1, -0.05) is 40.9 Å². The van der Waals surface area contributed by atoms with Gasteiger partial charge in [0.15, 0.2) is 0 Å². The Labute approximate surface area is 165 Å². The summed E-state index contributed by atoms with van der Waals surface area (Å²) in [5, 5.41) is 10.5. The molecule has 0 fully saturated rings. The monoisotopic (exact) mass is 407 g/mol. The average Bonchev–Trinajstić information content (AvgIpc) is 2.87. The van der Waals surface area contributed by atoms with Gasteiger partial charge >= 0.3 is 0 Å². The third kappa shape index (κ3) is 3.38. The zero-order valence-electron chi connectivity index (χ0n) is 14.1. The van der Waals surface area contributed by atoms with Crippen molar-refractivity contribution in [2.24, 2.45) is 28.7 Å². The van der Waals surface area contributed by atoms with E-state index in [0.717, 1.165) is 27.7 Å². The largest absolute Gasteiger partial charge is 0.369 e. The number of benzene rings is 2. The van der Waals surface area contributed by atoms with Gasteiger partial charge in [-0.05, 0) is 37.3 Å². The smallest absolute Gasteiger partial charge is 0.211 e. The van der Waals surface area contributed by atoms with Crippen LogP contribution < -0.4 is 11.5 Å². The Kier molecular flexibility index (Phi) is 5.14. The number of guanidine groups is 1. The standard InChI is InChI=1S/C18H16Cl3N5/c1-9(24-25-18(22)23)16-12-8-11(19)4-6-15(12)26(2)17(16)10-3-5-13(20)14(21)7-10/h3-8H,1-2H3,(H4,22,23,25)/b24-9-. The summed E-state index contributed by atoms with van der Waals surface area (Å²) in [5.41, 5.74) is 15.1. The molecule has 0 saturated carbocycles. The van der Waals surface area contributed by atoms with Gasteiger partial charge in [0.25, 0.3) is 0 Å². The van der Waals surface area contributed by atoms with Crippen molar-refractivity contribution in [2.45, 2.75) is 6.92 Å². The third-order valence-corrected chi connectivity index (χ3v) is 5.01. The lowest BCUT2D eigenvalue weighted by Crippen LogP contribution is -2.22. The number of hydrogen-bond acceptors (Lipinski definition) is 2. The molecule has 0 aliphatic carbocycles. The molecule has 134 valence electrons. The fourth-order valence-corrected chi connectivity index (χ4v) is 3.42. The SMILES string of the molecule is C/C(=N/N=C(N)N)c1c(-c2ccc(Cl)c(Cl)c2)n(C)c2ccc(Cl)cc12. The Morgan fingerprint density at radius 1 is 0.962 bits per heavy atom. The van der Waals surface area contributed by atoms with Gasteiger partial charge in [-0.3, -0.25) is 0 Å². The van der Waals surface area contributed by atoms with Crippen LogP contribution in [0.3, 0.4) is 0 Å². The molecule has 0 atom stereocenters. The van der Waals surface area contributed by atoms with Crippen molar-refractivity contribution in [3.63, 3.8) is 0 Å². The van der Waals surface area contributed by atoms with E-state index in [4.69, 9.17) is 46.3 Å². The predicted octanol–water partition coefficient (Wildman–Crippen LogP) is 4.80. The Morgan fingerprint density at radius 2 is 1.69 bits per heavy atom. The fraction of sp³-hybridized carbons (Fsp3) is 0.111. The van der Waals surface area contributed by atoms with E-state index in [-0.39, 0.29) is 5.96 Å². The number of aryl methyl sites for hydroxylation is 1. The molecule has 8 heteroatoms. The minimum atomic E-state index is -0.112. The average molecular weight is 409 g/mol. The summed E-state index contributed by atoms with van der Waals surface area (Å²) in [5.74, 6) is -0.112. The first-order valence-electron chi connectivity index (χ1n) is 7.66. The summed E-state index contributed by atoms with van der Waals surface area (Å²) in [7, 11) is 1.96. The number of nitrogens with two attached hydrogens (primary N) is 2. The third-order valence-electron chi connectivity index (χ3n) is 4.03. The first-order chi connectivity index (χ1) is 12.3. The zero-order chi connectivity index (χ0) is 19.0. The van der Waals surface area contributed by atoms with Crippen molar-refractivity contribution in [1.29, 1.82) is 0 Å². The molecule has 0 spiro atoms. The van der Waals surface area contributed by atoms with E-state index >= 15 is 0 Å². The first kappa shape index (κ1) is 18.6. The van der Waals surface area contributed by atoms with Gasteiger partial charge in [0.05, 0.1) is 21.5 Å². The molecule has 3 rings (SSSR count). The van der Waals surface area contributed by atoms with Crippen molar-refractivity contribution in [3.05, 3.63) is 57.0 Å². The van der Waals surface area contributed by atoms with Gasteiger partial charge in [0.1, 0.15) is 0 Å². The van der Waals surface area contributed by atoms with Crippen LogP contribution in [-0.4, -0.2) is 16.2 Å². The van der Waals surface area contributed by atoms with Crippen molar-refractivity contribution < 1.29 is 0 Å². The number of halogens is 3. The highest BCUT2D eigenvalue weighted by Gasteiger charge is 2.20. The van der Waals surface area contributed by atoms with Crippen LogP contribution in [0.2, 0.25) is 15.1 Å². The van der Waals surface area contributed by atoms with E-state index < -0.39 is 0 Å². The lowest BCUT2D eigenvalue weighted by Gasteiger charge is -2.09. The molecule has 1 heterocycles. The van der Waals surface area contributed by atoms with E-state index in [9.17, 15) is 0 Å². The topological polar surface area (TPSA) is 81.7 Å². The second-order valence-electron chi connectivity index (χ2n) is 5.78. The van der Waals surface area contributed by atoms with Crippen LogP contribution in [0.15, 0.2) is 46.6 Å². The minimum Gasteiger partial charge on any atom is -0.369 e. The van der Waals surface area contributed by atoms with Gasteiger partial charge in [0.2, 0.25) is 5.96 Å². The van der Waals surface area contributed by atoms with Crippen LogP contribution in [0, 0.1) is 0 Å². The van der Waals surface area contributed by atoms with E-state index in [1.54, 1.807) is 6.07 Å². The summed E-state index contributed by atoms with van der Waals surface area (Å²) in [4.78, 5) is 0. The summed E-state index contributed by atoms with van der Waals surface area (Å²) >= 11 is 18.5. The molecule has 3 aromatic rings. The molecular formula is C18H16Cl3N5. The van der Waals surface area contributed by atoms with Gasteiger partial charge in [0, 0.05) is 34.1 Å². The number of aromatic nitrogens is 1. The number of rotatable bonds is 3. The highest BCUT2D eigenvalue weighted by molar-refractivity contribution is 6.42. The summed E-state index contributed by atoms with van der Waals surface area (Å²) in [6.45, 7) is 1.84. The molecule has 26 heavy (non-hydrogen) atoms. The van der Waals surface area contributed by atoms with Crippen LogP contribution in [0.4, 0.5) is 0 Å². The van der Waals surface area contributed by atoms with Crippen LogP contribution >= 0.6 is 34.8 Å². The summed E-state index contributed by atoms with van der Waals surface area (Å²) < 4.78 is 2.05. The molecule has 5 nitrogen and oxygen atoms in total. The summed E-state index contributed by atoms with van der Waals surface area (Å²) in [6.07, 6.45) is 0. The number of nitrogens with zero attached hydrogens (tertiary/aromatic N) is 3. The lowest BCUT2D eigenvalue weighted by atomic mass is 10.0.